The van der Waals surface area contributed by atoms with E-state index in [1.807, 2.05) is 13.0 Å². The quantitative estimate of drug-likeness (QED) is 0.296. The monoisotopic (exact) mass is 510 g/mol. The van der Waals surface area contributed by atoms with Gasteiger partial charge in [-0.1, -0.05) is 12.1 Å². The van der Waals surface area contributed by atoms with Gasteiger partial charge in [-0.25, -0.2) is 14.4 Å². The van der Waals surface area contributed by atoms with Crippen molar-refractivity contribution in [3.05, 3.63) is 98.7 Å². The minimum Gasteiger partial charge on any atom is -0.286 e. The van der Waals surface area contributed by atoms with Gasteiger partial charge in [-0.05, 0) is 86.8 Å². The molecule has 0 spiro atoms. The van der Waals surface area contributed by atoms with Crippen molar-refractivity contribution >= 4 is 11.0 Å². The lowest BCUT2D eigenvalue weighted by molar-refractivity contribution is -0.138. The van der Waals surface area contributed by atoms with Crippen molar-refractivity contribution in [1.29, 1.82) is 0 Å². The Balaban J connectivity index is 1.53. The maximum absolute atomic E-state index is 14.5. The predicted octanol–water partition coefficient (Wildman–Crippen LogP) is 6.45. The Morgan fingerprint density at radius 2 is 1.73 bits per heavy atom. The molecule has 9 heteroatoms. The minimum atomic E-state index is -4.60. The highest BCUT2D eigenvalue weighted by molar-refractivity contribution is 5.75. The standard InChI is InChI=1S/C28H26F4N4O/c1-16-5-3-7-23(29)25(16)19-10-8-18(9-11-19)21-13-20-14-34-17(2)35-26(20)36(27(21)37)15-24-22(28(30,31)32)6-4-12-33-24/h3-7,12-14,18-19H,8-11,15H2,1-2H3/t18-,19-. The van der Waals surface area contributed by atoms with Crippen molar-refractivity contribution in [3.8, 4) is 0 Å². The maximum atomic E-state index is 14.5. The first kappa shape index (κ1) is 25.0. The van der Waals surface area contributed by atoms with Crippen LogP contribution >= 0.6 is 0 Å². The van der Waals surface area contributed by atoms with Crippen LogP contribution in [0.1, 0.15) is 71.3 Å². The molecule has 0 bridgehead atoms. The van der Waals surface area contributed by atoms with E-state index in [0.717, 1.165) is 17.2 Å². The van der Waals surface area contributed by atoms with E-state index in [2.05, 4.69) is 15.0 Å². The number of alkyl halides is 3. The molecular formula is C28H26F4N4O. The molecule has 37 heavy (non-hydrogen) atoms. The Morgan fingerprint density at radius 1 is 1.00 bits per heavy atom. The molecule has 3 aromatic heterocycles. The van der Waals surface area contributed by atoms with Gasteiger partial charge in [0, 0.05) is 23.3 Å². The first-order chi connectivity index (χ1) is 17.6. The second-order valence-electron chi connectivity index (χ2n) is 9.70. The van der Waals surface area contributed by atoms with Crippen LogP contribution in [0.15, 0.2) is 53.6 Å². The lowest BCUT2D eigenvalue weighted by Gasteiger charge is -2.30. The highest BCUT2D eigenvalue weighted by atomic mass is 19.4. The number of hydrogen-bond donors (Lipinski definition) is 0. The van der Waals surface area contributed by atoms with E-state index in [1.54, 1.807) is 25.3 Å². The van der Waals surface area contributed by atoms with Gasteiger partial charge in [-0.2, -0.15) is 13.2 Å². The molecule has 0 aliphatic heterocycles. The van der Waals surface area contributed by atoms with E-state index < -0.39 is 11.7 Å². The fourth-order valence-corrected chi connectivity index (χ4v) is 5.53. The smallest absolute Gasteiger partial charge is 0.286 e. The highest BCUT2D eigenvalue weighted by Gasteiger charge is 2.34. The second-order valence-corrected chi connectivity index (χ2v) is 9.70. The largest absolute Gasteiger partial charge is 0.418 e. The predicted molar refractivity (Wildman–Crippen MR) is 132 cm³/mol. The number of benzene rings is 1. The van der Waals surface area contributed by atoms with Crippen LogP contribution in [-0.2, 0) is 12.7 Å². The molecule has 5 nitrogen and oxygen atoms in total. The average molecular weight is 511 g/mol. The van der Waals surface area contributed by atoms with Gasteiger partial charge in [0.2, 0.25) is 0 Å². The van der Waals surface area contributed by atoms with Crippen LogP contribution in [0.3, 0.4) is 0 Å². The summed E-state index contributed by atoms with van der Waals surface area (Å²) in [5.41, 5.74) is 0.937. The third-order valence-corrected chi connectivity index (χ3v) is 7.32. The van der Waals surface area contributed by atoms with Crippen molar-refractivity contribution in [2.45, 2.75) is 64.1 Å². The van der Waals surface area contributed by atoms with E-state index in [4.69, 9.17) is 0 Å². The van der Waals surface area contributed by atoms with Crippen LogP contribution in [0.5, 0.6) is 0 Å². The van der Waals surface area contributed by atoms with E-state index >= 15 is 0 Å². The zero-order valence-corrected chi connectivity index (χ0v) is 20.5. The van der Waals surface area contributed by atoms with E-state index in [9.17, 15) is 22.4 Å². The summed E-state index contributed by atoms with van der Waals surface area (Å²) in [5, 5.41) is 0.580. The van der Waals surface area contributed by atoms with Gasteiger partial charge in [0.05, 0.1) is 17.8 Å². The lowest BCUT2D eigenvalue weighted by Crippen LogP contribution is -2.29. The Hall–Kier alpha value is -3.62. The van der Waals surface area contributed by atoms with Gasteiger partial charge in [0.1, 0.15) is 17.3 Å². The summed E-state index contributed by atoms with van der Waals surface area (Å²) in [5.74, 6) is 0.165. The minimum absolute atomic E-state index is 0.0639. The van der Waals surface area contributed by atoms with Crippen molar-refractivity contribution in [2.24, 2.45) is 0 Å². The Kier molecular flexibility index (Phi) is 6.56. The first-order valence-electron chi connectivity index (χ1n) is 12.3. The van der Waals surface area contributed by atoms with Crippen molar-refractivity contribution in [1.82, 2.24) is 19.5 Å². The Morgan fingerprint density at radius 3 is 2.43 bits per heavy atom. The van der Waals surface area contributed by atoms with Crippen LogP contribution in [-0.4, -0.2) is 19.5 Å². The SMILES string of the molecule is Cc1ncc2cc([C@H]3CC[C@H](c4c(C)cccc4F)CC3)c(=O)n(Cc3ncccc3C(F)(F)F)c2n1. The maximum Gasteiger partial charge on any atom is 0.418 e. The summed E-state index contributed by atoms with van der Waals surface area (Å²) in [7, 11) is 0. The third-order valence-electron chi connectivity index (χ3n) is 7.32. The van der Waals surface area contributed by atoms with E-state index in [1.165, 1.54) is 22.9 Å². The molecule has 0 radical (unpaired) electrons. The zero-order chi connectivity index (χ0) is 26.3. The Bertz CT molecular complexity index is 1500. The van der Waals surface area contributed by atoms with Gasteiger partial charge >= 0.3 is 6.18 Å². The molecule has 1 aromatic carbocycles. The summed E-state index contributed by atoms with van der Waals surface area (Å²) in [6.07, 6.45) is 1.04. The number of nitrogens with zero attached hydrogens (tertiary/aromatic N) is 4. The molecule has 4 aromatic rings. The number of rotatable bonds is 4. The number of fused-ring (bicyclic) bond motifs is 1. The van der Waals surface area contributed by atoms with Gasteiger partial charge in [-0.15, -0.1) is 0 Å². The highest BCUT2D eigenvalue weighted by Crippen LogP contribution is 2.42. The van der Waals surface area contributed by atoms with Crippen molar-refractivity contribution < 1.29 is 17.6 Å². The molecule has 0 atom stereocenters. The molecular weight excluding hydrogens is 484 g/mol. The van der Waals surface area contributed by atoms with E-state index in [-0.39, 0.29) is 41.1 Å². The molecule has 192 valence electrons. The first-order valence-corrected chi connectivity index (χ1v) is 12.3. The molecule has 5 rings (SSSR count). The van der Waals surface area contributed by atoms with Crippen LogP contribution in [0, 0.1) is 19.7 Å². The fraction of sp³-hybridized carbons (Fsp3) is 0.357. The molecule has 0 amide bonds. The summed E-state index contributed by atoms with van der Waals surface area (Å²) in [6.45, 7) is 3.20. The molecule has 1 aliphatic carbocycles. The summed E-state index contributed by atoms with van der Waals surface area (Å²) in [4.78, 5) is 26.3. The lowest BCUT2D eigenvalue weighted by atomic mass is 9.75. The number of halogens is 4. The normalized spacial score (nSPS) is 18.3. The third kappa shape index (κ3) is 4.86. The molecule has 1 fully saturated rings. The van der Waals surface area contributed by atoms with Crippen molar-refractivity contribution in [2.75, 3.05) is 0 Å². The topological polar surface area (TPSA) is 60.7 Å². The summed E-state index contributed by atoms with van der Waals surface area (Å²) >= 11 is 0. The molecule has 0 N–H and O–H groups in total. The molecule has 0 saturated heterocycles. The van der Waals surface area contributed by atoms with Crippen LogP contribution in [0.25, 0.3) is 11.0 Å². The van der Waals surface area contributed by atoms with Gasteiger partial charge < -0.3 is 0 Å². The van der Waals surface area contributed by atoms with Crippen LogP contribution in [0.2, 0.25) is 0 Å². The zero-order valence-electron chi connectivity index (χ0n) is 20.5. The van der Waals surface area contributed by atoms with Crippen LogP contribution < -0.4 is 5.56 Å². The Labute approximate surface area is 211 Å². The molecule has 1 saturated carbocycles. The second kappa shape index (κ2) is 9.68. The average Bonchev–Trinajstić information content (AvgIpc) is 2.86. The summed E-state index contributed by atoms with van der Waals surface area (Å²) < 4.78 is 56.8. The summed E-state index contributed by atoms with van der Waals surface area (Å²) in [6, 6.07) is 9.03. The van der Waals surface area contributed by atoms with Crippen molar-refractivity contribution in [3.63, 3.8) is 0 Å². The van der Waals surface area contributed by atoms with Gasteiger partial charge in [-0.3, -0.25) is 14.3 Å². The molecule has 3 heterocycles. The molecule has 0 unspecified atom stereocenters. The van der Waals surface area contributed by atoms with Gasteiger partial charge in [0.15, 0.2) is 0 Å². The molecule has 1 aliphatic rings. The number of aromatic nitrogens is 4. The van der Waals surface area contributed by atoms with Gasteiger partial charge in [0.25, 0.3) is 5.56 Å². The number of pyridine rings is 2. The van der Waals surface area contributed by atoms with Crippen LogP contribution in [0.4, 0.5) is 17.6 Å². The number of aryl methyl sites for hydroxylation is 2. The number of hydrogen-bond acceptors (Lipinski definition) is 4. The fourth-order valence-electron chi connectivity index (χ4n) is 5.53. The van der Waals surface area contributed by atoms with E-state index in [0.29, 0.717) is 42.5 Å².